The Kier molecular flexibility index (Phi) is 4.09. The van der Waals surface area contributed by atoms with Crippen molar-refractivity contribution in [3.05, 3.63) is 29.8 Å². The van der Waals surface area contributed by atoms with Gasteiger partial charge in [0.25, 0.3) is 0 Å². The molecule has 6 heteroatoms. The van der Waals surface area contributed by atoms with E-state index in [1.54, 1.807) is 12.1 Å². The number of hydrogen-bond acceptors (Lipinski definition) is 4. The van der Waals surface area contributed by atoms with Gasteiger partial charge in [0, 0.05) is 0 Å². The number of hydrogen-bond donors (Lipinski definition) is 0. The standard InChI is InChI=1S/C9H9IO4S/c1-14-9(11)6-7-2-4-8(5-3-7)15(10,12)13/h2-5H,6H2,1H3. The molecule has 0 bridgehead atoms. The van der Waals surface area contributed by atoms with Crippen molar-refractivity contribution >= 4 is 34.2 Å². The molecule has 0 aromatic heterocycles. The van der Waals surface area contributed by atoms with Gasteiger partial charge < -0.3 is 4.74 Å². The van der Waals surface area contributed by atoms with Gasteiger partial charge in [0.05, 0.1) is 39.6 Å². The lowest BCUT2D eigenvalue weighted by Crippen LogP contribution is -2.04. The van der Waals surface area contributed by atoms with Crippen molar-refractivity contribution in [3.63, 3.8) is 0 Å². The van der Waals surface area contributed by atoms with Gasteiger partial charge in [-0.15, -0.1) is 0 Å². The third-order valence-corrected chi connectivity index (χ3v) is 4.14. The van der Waals surface area contributed by atoms with Crippen LogP contribution < -0.4 is 0 Å². The molecule has 0 spiro atoms. The largest absolute Gasteiger partial charge is 0.469 e. The number of benzene rings is 1. The van der Waals surface area contributed by atoms with Gasteiger partial charge in [0.2, 0.25) is 7.01 Å². The average Bonchev–Trinajstić information content (AvgIpc) is 2.17. The predicted molar refractivity (Wildman–Crippen MR) is 63.4 cm³/mol. The van der Waals surface area contributed by atoms with Gasteiger partial charge in [0.1, 0.15) is 0 Å². The molecule has 0 amide bonds. The molecule has 82 valence electrons. The zero-order valence-corrected chi connectivity index (χ0v) is 10.9. The maximum absolute atomic E-state index is 11.1. The fourth-order valence-electron chi connectivity index (χ4n) is 1.01. The average molecular weight is 340 g/mol. The minimum atomic E-state index is -3.20. The Bertz CT molecular complexity index is 450. The lowest BCUT2D eigenvalue weighted by Gasteiger charge is -2.01. The van der Waals surface area contributed by atoms with Crippen LogP contribution in [0.25, 0.3) is 0 Å². The highest BCUT2D eigenvalue weighted by atomic mass is 127. The topological polar surface area (TPSA) is 60.4 Å². The minimum Gasteiger partial charge on any atom is -0.469 e. The molecule has 0 heterocycles. The summed E-state index contributed by atoms with van der Waals surface area (Å²) in [5.74, 6) is -0.347. The molecule has 0 aliphatic rings. The highest BCUT2D eigenvalue weighted by Gasteiger charge is 2.09. The van der Waals surface area contributed by atoms with E-state index in [0.717, 1.165) is 5.56 Å². The molecule has 0 saturated heterocycles. The van der Waals surface area contributed by atoms with Crippen molar-refractivity contribution < 1.29 is 17.9 Å². The summed E-state index contributed by atoms with van der Waals surface area (Å²) in [6.45, 7) is 0. The normalized spacial score (nSPS) is 11.1. The second-order valence-electron chi connectivity index (χ2n) is 2.83. The fourth-order valence-corrected chi connectivity index (χ4v) is 2.35. The van der Waals surface area contributed by atoms with Crippen molar-refractivity contribution in [2.24, 2.45) is 0 Å². The summed E-state index contributed by atoms with van der Waals surface area (Å²) in [5, 5.41) is 0. The zero-order valence-electron chi connectivity index (χ0n) is 7.94. The summed E-state index contributed by atoms with van der Waals surface area (Å²) in [7, 11) is -1.89. The highest BCUT2D eigenvalue weighted by molar-refractivity contribution is 14.2. The molecule has 15 heavy (non-hydrogen) atoms. The van der Waals surface area contributed by atoms with Crippen molar-refractivity contribution in [2.45, 2.75) is 11.3 Å². The van der Waals surface area contributed by atoms with E-state index in [-0.39, 0.29) is 17.3 Å². The molecular formula is C9H9IO4S. The zero-order chi connectivity index (χ0) is 11.5. The maximum Gasteiger partial charge on any atom is 0.309 e. The van der Waals surface area contributed by atoms with Crippen LogP contribution in [0, 0.1) is 0 Å². The molecule has 0 radical (unpaired) electrons. The van der Waals surface area contributed by atoms with Crippen LogP contribution in [0.3, 0.4) is 0 Å². The Morgan fingerprint density at radius 2 is 1.87 bits per heavy atom. The Morgan fingerprint density at radius 3 is 2.27 bits per heavy atom. The first-order valence-electron chi connectivity index (χ1n) is 4.04. The smallest absolute Gasteiger partial charge is 0.309 e. The van der Waals surface area contributed by atoms with E-state index in [1.165, 1.54) is 40.4 Å². The molecular weight excluding hydrogens is 331 g/mol. The van der Waals surface area contributed by atoms with Crippen LogP contribution in [-0.4, -0.2) is 21.5 Å². The summed E-state index contributed by atoms with van der Waals surface area (Å²) in [6, 6.07) is 6.14. The third-order valence-electron chi connectivity index (χ3n) is 1.78. The molecule has 0 aliphatic heterocycles. The molecule has 1 aromatic carbocycles. The first-order valence-corrected chi connectivity index (χ1v) is 8.06. The second kappa shape index (κ2) is 4.93. The minimum absolute atomic E-state index is 0.151. The molecule has 4 nitrogen and oxygen atoms in total. The van der Waals surface area contributed by atoms with Crippen LogP contribution in [0.4, 0.5) is 0 Å². The first-order chi connectivity index (χ1) is 6.93. The predicted octanol–water partition coefficient (Wildman–Crippen LogP) is 1.53. The summed E-state index contributed by atoms with van der Waals surface area (Å²) >= 11 is 1.37. The van der Waals surface area contributed by atoms with E-state index in [1.807, 2.05) is 0 Å². The Labute approximate surface area is 100 Å². The number of esters is 1. The van der Waals surface area contributed by atoms with Gasteiger partial charge in [-0.3, -0.25) is 4.79 Å². The van der Waals surface area contributed by atoms with Gasteiger partial charge in [-0.25, -0.2) is 8.42 Å². The van der Waals surface area contributed by atoms with Crippen molar-refractivity contribution in [1.82, 2.24) is 0 Å². The van der Waals surface area contributed by atoms with E-state index >= 15 is 0 Å². The number of methoxy groups -OCH3 is 1. The summed E-state index contributed by atoms with van der Waals surface area (Å²) < 4.78 is 26.7. The van der Waals surface area contributed by atoms with E-state index in [4.69, 9.17) is 0 Å². The van der Waals surface area contributed by atoms with Gasteiger partial charge in [-0.05, 0) is 17.7 Å². The van der Waals surface area contributed by atoms with E-state index in [2.05, 4.69) is 4.74 Å². The fraction of sp³-hybridized carbons (Fsp3) is 0.222. The first kappa shape index (κ1) is 12.4. The van der Waals surface area contributed by atoms with Gasteiger partial charge in [0.15, 0.2) is 0 Å². The number of carbonyl (C=O) groups excluding carboxylic acids is 1. The summed E-state index contributed by atoms with van der Waals surface area (Å²) in [4.78, 5) is 11.2. The quantitative estimate of drug-likeness (QED) is 0.476. The monoisotopic (exact) mass is 340 g/mol. The Balaban J connectivity index is 2.86. The molecule has 0 unspecified atom stereocenters. The highest BCUT2D eigenvalue weighted by Crippen LogP contribution is 2.17. The van der Waals surface area contributed by atoms with Crippen LogP contribution in [0.1, 0.15) is 5.56 Å². The van der Waals surface area contributed by atoms with Crippen LogP contribution in [0.2, 0.25) is 0 Å². The van der Waals surface area contributed by atoms with E-state index < -0.39 is 7.01 Å². The SMILES string of the molecule is COC(=O)Cc1ccc(S(=O)(=O)I)cc1. The van der Waals surface area contributed by atoms with Crippen molar-refractivity contribution in [2.75, 3.05) is 7.11 Å². The number of ether oxygens (including phenoxy) is 1. The Morgan fingerprint density at radius 1 is 1.33 bits per heavy atom. The van der Waals surface area contributed by atoms with E-state index in [9.17, 15) is 13.2 Å². The van der Waals surface area contributed by atoms with Crippen LogP contribution in [0.15, 0.2) is 29.2 Å². The van der Waals surface area contributed by atoms with Crippen LogP contribution >= 0.6 is 21.2 Å². The van der Waals surface area contributed by atoms with Gasteiger partial charge in [-0.1, -0.05) is 12.1 Å². The molecule has 0 aliphatic carbocycles. The molecule has 0 atom stereocenters. The van der Waals surface area contributed by atoms with Gasteiger partial charge in [-0.2, -0.15) is 0 Å². The second-order valence-corrected chi connectivity index (χ2v) is 7.66. The van der Waals surface area contributed by atoms with Gasteiger partial charge >= 0.3 is 5.97 Å². The summed E-state index contributed by atoms with van der Waals surface area (Å²) in [6.07, 6.45) is 0.151. The van der Waals surface area contributed by atoms with E-state index in [0.29, 0.717) is 0 Å². The third kappa shape index (κ3) is 3.78. The van der Waals surface area contributed by atoms with Crippen molar-refractivity contribution in [1.29, 1.82) is 0 Å². The van der Waals surface area contributed by atoms with Crippen molar-refractivity contribution in [3.8, 4) is 0 Å². The number of carbonyl (C=O) groups is 1. The number of rotatable bonds is 3. The molecule has 0 N–H and O–H groups in total. The Hall–Kier alpha value is -0.630. The molecule has 1 aromatic rings. The molecule has 0 fully saturated rings. The van der Waals surface area contributed by atoms with Crippen LogP contribution in [0.5, 0.6) is 0 Å². The maximum atomic E-state index is 11.1. The molecule has 0 saturated carbocycles. The molecule has 1 rings (SSSR count). The summed E-state index contributed by atoms with van der Waals surface area (Å²) in [5.41, 5.74) is 0.727. The lowest BCUT2D eigenvalue weighted by atomic mass is 10.2. The lowest BCUT2D eigenvalue weighted by molar-refractivity contribution is -0.139. The van der Waals surface area contributed by atoms with Crippen LogP contribution in [-0.2, 0) is 23.0 Å². The number of halogens is 1.